The number of amides is 1. The molecule has 4 atom stereocenters. The number of hydrogen-bond acceptors (Lipinski definition) is 6. The summed E-state index contributed by atoms with van der Waals surface area (Å²) in [6.45, 7) is 2.25. The van der Waals surface area contributed by atoms with E-state index < -0.39 is 5.41 Å². The van der Waals surface area contributed by atoms with Gasteiger partial charge >= 0.3 is 5.97 Å². The number of nitrogens with zero attached hydrogens (tertiary/aromatic N) is 1. The molecule has 2 unspecified atom stereocenters. The second-order valence-corrected chi connectivity index (χ2v) is 11.6. The topological polar surface area (TPSA) is 77.5 Å². The highest BCUT2D eigenvalue weighted by Crippen LogP contribution is 2.66. The lowest BCUT2D eigenvalue weighted by Crippen LogP contribution is -2.57. The highest BCUT2D eigenvalue weighted by atomic mass is 32.1. The van der Waals surface area contributed by atoms with Gasteiger partial charge in [-0.05, 0) is 86.5 Å². The van der Waals surface area contributed by atoms with Crippen LogP contribution in [0.1, 0.15) is 51.0 Å². The van der Waals surface area contributed by atoms with E-state index >= 15 is 0 Å². The van der Waals surface area contributed by atoms with Gasteiger partial charge in [-0.25, -0.2) is 4.98 Å². The SMILES string of the molecule is CCOc1ccc2nc(NC(=O)COC(=O)C34C[C@H]5C[C@@H](C3)CC(c3ccccc3)(C5)C4)sc2c1. The predicted octanol–water partition coefficient (Wildman–Crippen LogP) is 5.71. The average molecular weight is 491 g/mol. The van der Waals surface area contributed by atoms with E-state index in [0.717, 1.165) is 48.1 Å². The van der Waals surface area contributed by atoms with Crippen LogP contribution in [0.2, 0.25) is 0 Å². The zero-order valence-electron chi connectivity index (χ0n) is 19.9. The van der Waals surface area contributed by atoms with Gasteiger partial charge in [0.2, 0.25) is 0 Å². The fourth-order valence-corrected chi connectivity index (χ4v) is 8.20. The van der Waals surface area contributed by atoms with Crippen LogP contribution in [0.15, 0.2) is 48.5 Å². The highest BCUT2D eigenvalue weighted by Gasteiger charge is 2.61. The van der Waals surface area contributed by atoms with Gasteiger partial charge in [0.05, 0.1) is 22.2 Å². The third-order valence-electron chi connectivity index (χ3n) is 8.13. The molecule has 7 heteroatoms. The maximum absolute atomic E-state index is 13.4. The van der Waals surface area contributed by atoms with Crippen LogP contribution in [0.4, 0.5) is 5.13 Å². The minimum Gasteiger partial charge on any atom is -0.494 e. The van der Waals surface area contributed by atoms with Crippen molar-refractivity contribution in [1.82, 2.24) is 4.98 Å². The van der Waals surface area contributed by atoms with Crippen molar-refractivity contribution >= 4 is 38.6 Å². The van der Waals surface area contributed by atoms with E-state index in [1.165, 1.54) is 23.3 Å². The van der Waals surface area contributed by atoms with E-state index in [1.807, 2.05) is 25.1 Å². The molecule has 4 aliphatic rings. The van der Waals surface area contributed by atoms with Gasteiger partial charge in [-0.3, -0.25) is 14.9 Å². The highest BCUT2D eigenvalue weighted by molar-refractivity contribution is 7.22. The number of nitrogens with one attached hydrogen (secondary N) is 1. The number of fused-ring (bicyclic) bond motifs is 1. The van der Waals surface area contributed by atoms with E-state index in [0.29, 0.717) is 23.6 Å². The first-order valence-electron chi connectivity index (χ1n) is 12.5. The number of benzene rings is 2. The predicted molar refractivity (Wildman–Crippen MR) is 136 cm³/mol. The van der Waals surface area contributed by atoms with Crippen LogP contribution < -0.4 is 10.1 Å². The molecular formula is C28H30N2O4S. The first kappa shape index (κ1) is 22.5. The fourth-order valence-electron chi connectivity index (χ4n) is 7.29. The summed E-state index contributed by atoms with van der Waals surface area (Å²) < 4.78 is 12.1. The van der Waals surface area contributed by atoms with E-state index in [2.05, 4.69) is 40.6 Å². The zero-order chi connectivity index (χ0) is 24.0. The molecule has 1 heterocycles. The molecule has 4 saturated carbocycles. The third-order valence-corrected chi connectivity index (χ3v) is 9.07. The number of ether oxygens (including phenoxy) is 2. The number of carbonyl (C=O) groups is 2. The number of thiazole rings is 1. The molecule has 4 fully saturated rings. The Morgan fingerprint density at radius 3 is 2.60 bits per heavy atom. The normalized spacial score (nSPS) is 28.7. The van der Waals surface area contributed by atoms with Crippen molar-refractivity contribution in [1.29, 1.82) is 0 Å². The van der Waals surface area contributed by atoms with Gasteiger partial charge in [0.25, 0.3) is 5.91 Å². The molecule has 182 valence electrons. The zero-order valence-corrected chi connectivity index (χ0v) is 20.7. The number of esters is 1. The van der Waals surface area contributed by atoms with E-state index in [9.17, 15) is 9.59 Å². The van der Waals surface area contributed by atoms with Gasteiger partial charge in [0.1, 0.15) is 5.75 Å². The van der Waals surface area contributed by atoms with Gasteiger partial charge in [0.15, 0.2) is 11.7 Å². The molecule has 1 N–H and O–H groups in total. The summed E-state index contributed by atoms with van der Waals surface area (Å²) >= 11 is 1.38. The second kappa shape index (κ2) is 8.63. The summed E-state index contributed by atoms with van der Waals surface area (Å²) in [6, 6.07) is 16.3. The van der Waals surface area contributed by atoms with Gasteiger partial charge in [-0.1, -0.05) is 41.7 Å². The van der Waals surface area contributed by atoms with Crippen LogP contribution in [0.3, 0.4) is 0 Å². The van der Waals surface area contributed by atoms with Crippen molar-refractivity contribution in [3.05, 3.63) is 54.1 Å². The Bertz CT molecular complexity index is 1260. The Balaban J connectivity index is 1.12. The second-order valence-electron chi connectivity index (χ2n) is 10.6. The molecule has 0 radical (unpaired) electrons. The van der Waals surface area contributed by atoms with Crippen LogP contribution in [-0.4, -0.2) is 30.1 Å². The molecule has 1 amide bonds. The summed E-state index contributed by atoms with van der Waals surface area (Å²) in [5.74, 6) is 1.33. The maximum Gasteiger partial charge on any atom is 0.312 e. The minimum absolute atomic E-state index is 0.0635. The quantitative estimate of drug-likeness (QED) is 0.429. The first-order valence-corrected chi connectivity index (χ1v) is 13.3. The van der Waals surface area contributed by atoms with Crippen molar-refractivity contribution in [2.24, 2.45) is 17.3 Å². The van der Waals surface area contributed by atoms with Crippen molar-refractivity contribution < 1.29 is 19.1 Å². The largest absolute Gasteiger partial charge is 0.494 e. The lowest BCUT2D eigenvalue weighted by molar-refractivity contribution is -0.175. The Hall–Kier alpha value is -2.93. The molecular weight excluding hydrogens is 460 g/mol. The number of hydrogen-bond donors (Lipinski definition) is 1. The molecule has 3 aromatic rings. The smallest absolute Gasteiger partial charge is 0.312 e. The van der Waals surface area contributed by atoms with Gasteiger partial charge in [-0.2, -0.15) is 0 Å². The molecule has 0 aliphatic heterocycles. The first-order chi connectivity index (χ1) is 17.0. The number of rotatable bonds is 7. The summed E-state index contributed by atoms with van der Waals surface area (Å²) in [6.07, 6.45) is 6.14. The minimum atomic E-state index is -0.467. The fraction of sp³-hybridized carbons (Fsp3) is 0.464. The molecule has 4 bridgehead atoms. The van der Waals surface area contributed by atoms with Crippen LogP contribution in [-0.2, 0) is 19.7 Å². The molecule has 35 heavy (non-hydrogen) atoms. The molecule has 6 nitrogen and oxygen atoms in total. The Morgan fingerprint density at radius 2 is 1.86 bits per heavy atom. The monoisotopic (exact) mass is 490 g/mol. The number of aromatic nitrogens is 1. The molecule has 0 spiro atoms. The Morgan fingerprint density at radius 1 is 1.09 bits per heavy atom. The lowest BCUT2D eigenvalue weighted by Gasteiger charge is -2.61. The number of carbonyl (C=O) groups excluding carboxylic acids is 2. The summed E-state index contributed by atoms with van der Waals surface area (Å²) in [4.78, 5) is 30.5. The van der Waals surface area contributed by atoms with Crippen molar-refractivity contribution in [3.63, 3.8) is 0 Å². The standard InChI is InChI=1S/C28H30N2O4S/c1-2-33-21-8-9-22-23(11-21)35-26(29-22)30-24(31)16-34-25(32)28-14-18-10-19(15-28)13-27(12-18,17-28)20-6-4-3-5-7-20/h3-9,11,18-19H,2,10,12-17H2,1H3,(H,29,30,31)/t18-,19+,27?,28?. The third kappa shape index (κ3) is 4.10. The van der Waals surface area contributed by atoms with Crippen LogP contribution >= 0.6 is 11.3 Å². The summed E-state index contributed by atoms with van der Waals surface area (Å²) in [5.41, 5.74) is 1.75. The van der Waals surface area contributed by atoms with Crippen molar-refractivity contribution in [2.45, 2.75) is 50.9 Å². The van der Waals surface area contributed by atoms with E-state index in [-0.39, 0.29) is 23.9 Å². The van der Waals surface area contributed by atoms with Crippen molar-refractivity contribution in [2.75, 3.05) is 18.5 Å². The Kier molecular flexibility index (Phi) is 5.55. The number of anilines is 1. The molecule has 7 rings (SSSR count). The van der Waals surface area contributed by atoms with Gasteiger partial charge < -0.3 is 9.47 Å². The van der Waals surface area contributed by atoms with Gasteiger partial charge in [-0.15, -0.1) is 0 Å². The molecule has 2 aromatic carbocycles. The Labute approximate surface area is 209 Å². The maximum atomic E-state index is 13.4. The molecule has 1 aromatic heterocycles. The van der Waals surface area contributed by atoms with E-state index in [1.54, 1.807) is 0 Å². The van der Waals surface area contributed by atoms with Gasteiger partial charge in [0, 0.05) is 0 Å². The molecule has 0 saturated heterocycles. The van der Waals surface area contributed by atoms with Crippen molar-refractivity contribution in [3.8, 4) is 5.75 Å². The van der Waals surface area contributed by atoms with Crippen LogP contribution in [0, 0.1) is 17.3 Å². The van der Waals surface area contributed by atoms with E-state index in [4.69, 9.17) is 9.47 Å². The molecule has 4 aliphatic carbocycles. The summed E-state index contributed by atoms with van der Waals surface area (Å²) in [5, 5.41) is 3.29. The van der Waals surface area contributed by atoms with Crippen LogP contribution in [0.25, 0.3) is 10.2 Å². The lowest BCUT2D eigenvalue weighted by atomic mass is 9.43. The summed E-state index contributed by atoms with van der Waals surface area (Å²) in [7, 11) is 0. The van der Waals surface area contributed by atoms with Crippen LogP contribution in [0.5, 0.6) is 5.75 Å². The average Bonchev–Trinajstić information content (AvgIpc) is 3.24.